The van der Waals surface area contributed by atoms with Crippen LogP contribution in [0.15, 0.2) is 24.3 Å². The van der Waals surface area contributed by atoms with Gasteiger partial charge in [0.1, 0.15) is 0 Å². The molecule has 2 heterocycles. The Balaban J connectivity index is 2.09. The summed E-state index contributed by atoms with van der Waals surface area (Å²) in [7, 11) is 0. The van der Waals surface area contributed by atoms with Gasteiger partial charge < -0.3 is 20.0 Å². The molecule has 23 heavy (non-hydrogen) atoms. The van der Waals surface area contributed by atoms with Gasteiger partial charge in [0.2, 0.25) is 11.2 Å². The molecule has 1 N–H and O–H groups in total. The molecule has 1 atom stereocenters. The van der Waals surface area contributed by atoms with Gasteiger partial charge in [0.25, 0.3) is 0 Å². The lowest BCUT2D eigenvalue weighted by Crippen LogP contribution is -2.39. The summed E-state index contributed by atoms with van der Waals surface area (Å²) in [6, 6.07) is 7.34. The Morgan fingerprint density at radius 1 is 1.48 bits per heavy atom. The summed E-state index contributed by atoms with van der Waals surface area (Å²) in [5.74, 6) is 0. The summed E-state index contributed by atoms with van der Waals surface area (Å²) in [6.07, 6.45) is -0.971. The number of aliphatic hydroxyl groups excluding tert-OH is 1. The van der Waals surface area contributed by atoms with E-state index < -0.39 is 12.2 Å². The average Bonchev–Trinajstić information content (AvgIpc) is 2.72. The molecule has 1 aromatic heterocycles. The number of β-amino-alcohol motifs (C(OH)–C–C–N with tert-alkyl or cyclic N) is 1. The molecule has 1 aliphatic rings. The second kappa shape index (κ2) is 6.04. The molecule has 6 nitrogen and oxygen atoms in total. The van der Waals surface area contributed by atoms with Crippen molar-refractivity contribution in [3.05, 3.63) is 46.3 Å². The molecule has 0 radical (unpaired) electrons. The third-order valence-electron chi connectivity index (χ3n) is 4.37. The second-order valence-corrected chi connectivity index (χ2v) is 5.71. The van der Waals surface area contributed by atoms with Gasteiger partial charge in [-0.25, -0.2) is 4.79 Å². The van der Waals surface area contributed by atoms with Crippen LogP contribution in [0.5, 0.6) is 0 Å². The van der Waals surface area contributed by atoms with Crippen LogP contribution in [0.1, 0.15) is 29.8 Å². The molecular formula is C17H20N2O4. The number of para-hydroxylation sites is 1. The van der Waals surface area contributed by atoms with Crippen LogP contribution >= 0.6 is 0 Å². The Bertz CT molecular complexity index is 760. The summed E-state index contributed by atoms with van der Waals surface area (Å²) >= 11 is 0. The minimum atomic E-state index is -1.03. The number of fused-ring (bicyclic) bond motifs is 2. The Labute approximate surface area is 134 Å². The summed E-state index contributed by atoms with van der Waals surface area (Å²) < 4.78 is 5.82. The third-order valence-corrected chi connectivity index (χ3v) is 4.37. The summed E-state index contributed by atoms with van der Waals surface area (Å²) in [5.41, 5.74) is 2.67. The number of hydrogen-bond acceptors (Lipinski definition) is 4. The molecule has 0 fully saturated rings. The first-order chi connectivity index (χ1) is 11.0. The normalized spacial score (nSPS) is 17.7. The molecule has 0 spiro atoms. The Hall–Kier alpha value is -2.34. The van der Waals surface area contributed by atoms with Crippen molar-refractivity contribution in [2.75, 3.05) is 19.7 Å². The minimum Gasteiger partial charge on any atom is -0.618 e. The van der Waals surface area contributed by atoms with Gasteiger partial charge in [-0.15, -0.1) is 0 Å². The molecule has 2 aromatic rings. The fourth-order valence-electron chi connectivity index (χ4n) is 3.24. The lowest BCUT2D eigenvalue weighted by molar-refractivity contribution is -0.591. The van der Waals surface area contributed by atoms with E-state index in [1.54, 1.807) is 19.1 Å². The van der Waals surface area contributed by atoms with Crippen molar-refractivity contribution < 1.29 is 19.4 Å². The number of carbonyl (C=O) groups excluding carboxylic acids is 1. The molecule has 1 aliphatic heterocycles. The number of pyridine rings is 1. The summed E-state index contributed by atoms with van der Waals surface area (Å²) in [5, 5.41) is 24.1. The van der Waals surface area contributed by atoms with Crippen molar-refractivity contribution in [2.45, 2.75) is 26.4 Å². The number of carbonyl (C=O) groups is 1. The third kappa shape index (κ3) is 2.59. The predicted octanol–water partition coefficient (Wildman–Crippen LogP) is 1.83. The number of ether oxygens (including phenoxy) is 1. The zero-order valence-corrected chi connectivity index (χ0v) is 13.3. The van der Waals surface area contributed by atoms with Crippen molar-refractivity contribution in [3.63, 3.8) is 0 Å². The first-order valence-corrected chi connectivity index (χ1v) is 7.78. The number of amides is 1. The highest BCUT2D eigenvalue weighted by Crippen LogP contribution is 2.28. The van der Waals surface area contributed by atoms with E-state index in [1.165, 1.54) is 4.90 Å². The highest BCUT2D eigenvalue weighted by atomic mass is 16.6. The maximum atomic E-state index is 12.7. The highest BCUT2D eigenvalue weighted by Gasteiger charge is 2.33. The number of nitrogens with zero attached hydrogens (tertiary/aromatic N) is 2. The molecule has 1 amide bonds. The van der Waals surface area contributed by atoms with E-state index in [1.807, 2.05) is 19.1 Å². The Kier molecular flexibility index (Phi) is 4.09. The van der Waals surface area contributed by atoms with Crippen molar-refractivity contribution in [1.29, 1.82) is 0 Å². The van der Waals surface area contributed by atoms with Gasteiger partial charge in [-0.05, 0) is 31.9 Å². The molecule has 1 aromatic carbocycles. The lowest BCUT2D eigenvalue weighted by atomic mass is 9.97. The van der Waals surface area contributed by atoms with Gasteiger partial charge >= 0.3 is 6.09 Å². The van der Waals surface area contributed by atoms with E-state index in [0.717, 1.165) is 21.2 Å². The van der Waals surface area contributed by atoms with Gasteiger partial charge in [-0.1, -0.05) is 12.1 Å². The first-order valence-electron chi connectivity index (χ1n) is 7.78. The minimum absolute atomic E-state index is 0.0614. The van der Waals surface area contributed by atoms with Crippen LogP contribution in [0.4, 0.5) is 4.79 Å². The molecule has 0 saturated heterocycles. The summed E-state index contributed by atoms with van der Waals surface area (Å²) in [4.78, 5) is 13.4. The van der Waals surface area contributed by atoms with E-state index in [4.69, 9.17) is 4.74 Å². The number of aryl methyl sites for hydroxylation is 1. The Morgan fingerprint density at radius 3 is 2.96 bits per heavy atom. The van der Waals surface area contributed by atoms with Crippen molar-refractivity contribution in [3.8, 4) is 0 Å². The molecule has 0 saturated carbocycles. The fourth-order valence-corrected chi connectivity index (χ4v) is 3.24. The number of rotatable bonds is 1. The molecule has 6 heteroatoms. The lowest BCUT2D eigenvalue weighted by Gasteiger charge is -2.20. The SMILES string of the molecule is CCOC(=O)N1CCc2c(C)c3ccccc3[n+]([O-])c2C(O)C1. The van der Waals surface area contributed by atoms with Gasteiger partial charge in [-0.2, -0.15) is 4.73 Å². The molecular weight excluding hydrogens is 296 g/mol. The topological polar surface area (TPSA) is 76.7 Å². The van der Waals surface area contributed by atoms with Crippen LogP contribution in [0, 0.1) is 12.1 Å². The van der Waals surface area contributed by atoms with E-state index in [-0.39, 0.29) is 13.2 Å². The van der Waals surface area contributed by atoms with Gasteiger partial charge in [0.15, 0.2) is 6.10 Å². The number of hydrogen-bond donors (Lipinski definition) is 1. The maximum absolute atomic E-state index is 12.7. The van der Waals surface area contributed by atoms with E-state index >= 15 is 0 Å². The van der Waals surface area contributed by atoms with Gasteiger partial charge in [-0.3, -0.25) is 0 Å². The molecule has 1 unspecified atom stereocenters. The van der Waals surface area contributed by atoms with Crippen LogP contribution in [-0.4, -0.2) is 35.8 Å². The molecule has 0 bridgehead atoms. The second-order valence-electron chi connectivity index (χ2n) is 5.71. The van der Waals surface area contributed by atoms with Crippen LogP contribution in [0.2, 0.25) is 0 Å². The van der Waals surface area contributed by atoms with E-state index in [9.17, 15) is 15.1 Å². The predicted molar refractivity (Wildman–Crippen MR) is 84.9 cm³/mol. The number of benzene rings is 1. The van der Waals surface area contributed by atoms with Crippen LogP contribution in [0.25, 0.3) is 10.9 Å². The van der Waals surface area contributed by atoms with Crippen LogP contribution in [0.3, 0.4) is 0 Å². The first kappa shape index (κ1) is 15.6. The standard InChI is InChI=1S/C17H20N2O4/c1-3-23-17(21)18-9-8-13-11(2)12-6-4-5-7-14(12)19(22)16(13)15(20)10-18/h4-7,15,20H,3,8-10H2,1-2H3. The maximum Gasteiger partial charge on any atom is 0.409 e. The zero-order valence-electron chi connectivity index (χ0n) is 13.3. The smallest absolute Gasteiger partial charge is 0.409 e. The Morgan fingerprint density at radius 2 is 2.22 bits per heavy atom. The molecule has 122 valence electrons. The highest BCUT2D eigenvalue weighted by molar-refractivity contribution is 5.81. The average molecular weight is 316 g/mol. The summed E-state index contributed by atoms with van der Waals surface area (Å²) in [6.45, 7) is 4.45. The van der Waals surface area contributed by atoms with Crippen molar-refractivity contribution >= 4 is 17.0 Å². The molecule has 3 rings (SSSR count). The van der Waals surface area contributed by atoms with Gasteiger partial charge in [0.05, 0.1) is 18.5 Å². The van der Waals surface area contributed by atoms with Gasteiger partial charge in [0, 0.05) is 18.2 Å². The number of aromatic nitrogens is 1. The van der Waals surface area contributed by atoms with Crippen molar-refractivity contribution in [2.24, 2.45) is 0 Å². The van der Waals surface area contributed by atoms with E-state index in [0.29, 0.717) is 24.2 Å². The van der Waals surface area contributed by atoms with Crippen LogP contribution < -0.4 is 4.73 Å². The molecule has 0 aliphatic carbocycles. The van der Waals surface area contributed by atoms with Crippen molar-refractivity contribution in [1.82, 2.24) is 4.90 Å². The zero-order chi connectivity index (χ0) is 16.6. The quantitative estimate of drug-likeness (QED) is 0.643. The monoisotopic (exact) mass is 316 g/mol. The van der Waals surface area contributed by atoms with Crippen LogP contribution in [-0.2, 0) is 11.2 Å². The fraction of sp³-hybridized carbons (Fsp3) is 0.412. The largest absolute Gasteiger partial charge is 0.618 e. The number of aliphatic hydroxyl groups is 1. The van der Waals surface area contributed by atoms with E-state index in [2.05, 4.69) is 0 Å².